The molecule has 0 bridgehead atoms. The molecule has 0 saturated heterocycles. The number of benzene rings is 2. The number of fused-ring (bicyclic) bond motifs is 1. The van der Waals surface area contributed by atoms with Crippen LogP contribution in [0, 0.1) is 0 Å². The minimum atomic E-state index is -3.72. The third kappa shape index (κ3) is 5.39. The molecule has 2 aromatic heterocycles. The number of hydrogen-bond donors (Lipinski definition) is 3. The van der Waals surface area contributed by atoms with E-state index in [9.17, 15) is 13.2 Å². The number of amides is 1. The van der Waals surface area contributed by atoms with Crippen LogP contribution in [-0.2, 0) is 10.0 Å². The lowest BCUT2D eigenvalue weighted by Crippen LogP contribution is -2.25. The number of aromatic nitrogens is 1. The van der Waals surface area contributed by atoms with Crippen molar-refractivity contribution >= 4 is 72.0 Å². The first-order chi connectivity index (χ1) is 15.4. The Morgan fingerprint density at radius 2 is 1.84 bits per heavy atom. The average Bonchev–Trinajstić information content (AvgIpc) is 3.39. The predicted molar refractivity (Wildman–Crippen MR) is 132 cm³/mol. The fourth-order valence-electron chi connectivity index (χ4n) is 2.95. The van der Waals surface area contributed by atoms with Gasteiger partial charge in [0.1, 0.15) is 5.82 Å². The third-order valence-electron chi connectivity index (χ3n) is 4.51. The van der Waals surface area contributed by atoms with Crippen LogP contribution >= 0.6 is 34.5 Å². The van der Waals surface area contributed by atoms with E-state index >= 15 is 0 Å². The average molecular weight is 507 g/mol. The fraction of sp³-hybridized carbons (Fsp3) is 0.143. The summed E-state index contributed by atoms with van der Waals surface area (Å²) in [6, 6.07) is 17.1. The van der Waals surface area contributed by atoms with Gasteiger partial charge in [0.05, 0.1) is 18.8 Å². The van der Waals surface area contributed by atoms with Crippen LogP contribution in [0.2, 0.25) is 4.34 Å². The van der Waals surface area contributed by atoms with Crippen molar-refractivity contribution in [1.29, 1.82) is 0 Å². The molecule has 2 heterocycles. The number of carbonyl (C=O) groups excluding carboxylic acids is 1. The van der Waals surface area contributed by atoms with Crippen molar-refractivity contribution < 1.29 is 13.2 Å². The SMILES string of the molecule is O=C(NCCCNc1nsc2ccc(S(=O)(=O)Nc3ccccc3)cc12)c1ccc(Cl)s1. The highest BCUT2D eigenvalue weighted by atomic mass is 35.5. The van der Waals surface area contributed by atoms with Gasteiger partial charge >= 0.3 is 0 Å². The maximum absolute atomic E-state index is 12.8. The lowest BCUT2D eigenvalue weighted by molar-refractivity contribution is 0.0957. The summed E-state index contributed by atoms with van der Waals surface area (Å²) in [6.45, 7) is 1.06. The Morgan fingerprint density at radius 1 is 1.03 bits per heavy atom. The minimum Gasteiger partial charge on any atom is -0.369 e. The standard InChI is InChI=1S/C21H19ClN4O3S3/c22-19-10-9-18(30-19)21(27)24-12-4-11-23-20-16-13-15(7-8-17(16)31-25-20)32(28,29)26-14-5-2-1-3-6-14/h1-3,5-10,13,26H,4,11-12H2,(H,23,25)(H,24,27). The van der Waals surface area contributed by atoms with Crippen molar-refractivity contribution in [3.8, 4) is 0 Å². The molecule has 0 atom stereocenters. The van der Waals surface area contributed by atoms with Gasteiger partial charge in [0.25, 0.3) is 15.9 Å². The van der Waals surface area contributed by atoms with Gasteiger partial charge in [-0.3, -0.25) is 9.52 Å². The molecule has 0 aliphatic heterocycles. The lowest BCUT2D eigenvalue weighted by atomic mass is 10.2. The molecule has 2 aromatic carbocycles. The van der Waals surface area contributed by atoms with Gasteiger partial charge in [-0.2, -0.15) is 4.37 Å². The number of nitrogens with one attached hydrogen (secondary N) is 3. The van der Waals surface area contributed by atoms with Gasteiger partial charge in [0.2, 0.25) is 0 Å². The van der Waals surface area contributed by atoms with Crippen molar-refractivity contribution in [2.45, 2.75) is 11.3 Å². The lowest BCUT2D eigenvalue weighted by Gasteiger charge is -2.09. The van der Waals surface area contributed by atoms with Crippen molar-refractivity contribution in [3.63, 3.8) is 0 Å². The number of halogens is 1. The normalized spacial score (nSPS) is 11.4. The Kier molecular flexibility index (Phi) is 6.95. The first-order valence-electron chi connectivity index (χ1n) is 9.67. The van der Waals surface area contributed by atoms with Crippen LogP contribution in [-0.4, -0.2) is 31.8 Å². The van der Waals surface area contributed by atoms with E-state index in [1.165, 1.54) is 22.9 Å². The number of carbonyl (C=O) groups is 1. The van der Waals surface area contributed by atoms with Crippen LogP contribution in [0.15, 0.2) is 65.6 Å². The zero-order valence-corrected chi connectivity index (χ0v) is 19.9. The number of nitrogens with zero attached hydrogens (tertiary/aromatic N) is 1. The summed E-state index contributed by atoms with van der Waals surface area (Å²) in [5, 5.41) is 6.82. The van der Waals surface area contributed by atoms with Gasteiger partial charge in [-0.15, -0.1) is 11.3 Å². The molecule has 4 rings (SSSR count). The molecule has 0 fully saturated rings. The van der Waals surface area contributed by atoms with Gasteiger partial charge < -0.3 is 10.6 Å². The molecule has 0 aliphatic carbocycles. The summed E-state index contributed by atoms with van der Waals surface area (Å²) in [5.74, 6) is 0.472. The second-order valence-corrected chi connectivity index (χ2v) is 11.0. The van der Waals surface area contributed by atoms with Gasteiger partial charge in [0, 0.05) is 24.2 Å². The Balaban J connectivity index is 1.37. The van der Waals surface area contributed by atoms with E-state index in [4.69, 9.17) is 11.6 Å². The van der Waals surface area contributed by atoms with E-state index in [-0.39, 0.29) is 10.8 Å². The highest BCUT2D eigenvalue weighted by Crippen LogP contribution is 2.30. The van der Waals surface area contributed by atoms with Crippen LogP contribution in [0.5, 0.6) is 0 Å². The van der Waals surface area contributed by atoms with Crippen LogP contribution in [0.25, 0.3) is 10.1 Å². The summed E-state index contributed by atoms with van der Waals surface area (Å²) >= 11 is 8.39. The molecule has 3 N–H and O–H groups in total. The highest BCUT2D eigenvalue weighted by molar-refractivity contribution is 7.92. The van der Waals surface area contributed by atoms with Crippen molar-refractivity contribution in [2.75, 3.05) is 23.1 Å². The van der Waals surface area contributed by atoms with Gasteiger partial charge in [0.15, 0.2) is 0 Å². The molecule has 166 valence electrons. The molecule has 1 amide bonds. The quantitative estimate of drug-likeness (QED) is 0.276. The number of hydrogen-bond acceptors (Lipinski definition) is 7. The fourth-order valence-corrected chi connectivity index (χ4v) is 5.73. The number of thiophene rings is 1. The van der Waals surface area contributed by atoms with E-state index in [2.05, 4.69) is 19.7 Å². The second-order valence-electron chi connectivity index (χ2n) is 6.80. The number of sulfonamides is 1. The zero-order chi connectivity index (χ0) is 22.6. The Labute approximate surface area is 198 Å². The van der Waals surface area contributed by atoms with Crippen molar-refractivity contribution in [1.82, 2.24) is 9.69 Å². The molecule has 11 heteroatoms. The molecule has 0 saturated carbocycles. The van der Waals surface area contributed by atoms with Crippen LogP contribution in [0.3, 0.4) is 0 Å². The first-order valence-corrected chi connectivity index (χ1v) is 13.1. The molecule has 32 heavy (non-hydrogen) atoms. The Bertz CT molecular complexity index is 1340. The summed E-state index contributed by atoms with van der Waals surface area (Å²) in [7, 11) is -3.72. The van der Waals surface area contributed by atoms with E-state index in [0.29, 0.717) is 40.2 Å². The van der Waals surface area contributed by atoms with E-state index in [0.717, 1.165) is 10.1 Å². The topological polar surface area (TPSA) is 100 Å². The number of anilines is 2. The molecule has 0 unspecified atom stereocenters. The van der Waals surface area contributed by atoms with Gasteiger partial charge in [-0.05, 0) is 60.4 Å². The zero-order valence-electron chi connectivity index (χ0n) is 16.7. The second kappa shape index (κ2) is 9.86. The summed E-state index contributed by atoms with van der Waals surface area (Å²) < 4.78 is 34.0. The molecule has 0 radical (unpaired) electrons. The van der Waals surface area contributed by atoms with E-state index in [1.807, 2.05) is 6.07 Å². The van der Waals surface area contributed by atoms with Crippen molar-refractivity contribution in [3.05, 3.63) is 69.9 Å². The third-order valence-corrected chi connectivity index (χ3v) is 7.94. The maximum Gasteiger partial charge on any atom is 0.261 e. The number of rotatable bonds is 9. The maximum atomic E-state index is 12.8. The van der Waals surface area contributed by atoms with E-state index in [1.54, 1.807) is 54.6 Å². The monoisotopic (exact) mass is 506 g/mol. The minimum absolute atomic E-state index is 0.151. The van der Waals surface area contributed by atoms with Crippen LogP contribution in [0.4, 0.5) is 11.5 Å². The Hall–Kier alpha value is -2.66. The number of para-hydroxylation sites is 1. The molecular weight excluding hydrogens is 488 g/mol. The predicted octanol–water partition coefficient (Wildman–Crippen LogP) is 5.04. The smallest absolute Gasteiger partial charge is 0.261 e. The van der Waals surface area contributed by atoms with Crippen molar-refractivity contribution in [2.24, 2.45) is 0 Å². The summed E-state index contributed by atoms with van der Waals surface area (Å²) in [5.41, 5.74) is 0.501. The molecular formula is C21H19ClN4O3S3. The molecule has 4 aromatic rings. The van der Waals surface area contributed by atoms with Crippen LogP contribution in [0.1, 0.15) is 16.1 Å². The molecule has 7 nitrogen and oxygen atoms in total. The summed E-state index contributed by atoms with van der Waals surface area (Å²) in [4.78, 5) is 12.8. The highest BCUT2D eigenvalue weighted by Gasteiger charge is 2.17. The summed E-state index contributed by atoms with van der Waals surface area (Å²) in [6.07, 6.45) is 0.678. The largest absolute Gasteiger partial charge is 0.369 e. The molecule has 0 aliphatic rings. The van der Waals surface area contributed by atoms with Crippen LogP contribution < -0.4 is 15.4 Å². The molecule has 0 spiro atoms. The Morgan fingerprint density at radius 3 is 2.59 bits per heavy atom. The van der Waals surface area contributed by atoms with Gasteiger partial charge in [-0.25, -0.2) is 8.42 Å². The first kappa shape index (κ1) is 22.5. The van der Waals surface area contributed by atoms with E-state index < -0.39 is 10.0 Å². The van der Waals surface area contributed by atoms with Gasteiger partial charge in [-0.1, -0.05) is 29.8 Å².